The number of anilines is 1. The fraction of sp³-hybridized carbons (Fsp3) is 0.429. The number of carbonyl (C=O) groups is 1. The Balaban J connectivity index is 1.30. The largest absolute Gasteiger partial charge is 0.365 e. The zero-order valence-corrected chi connectivity index (χ0v) is 16.7. The Labute approximate surface area is 169 Å². The summed E-state index contributed by atoms with van der Waals surface area (Å²) in [7, 11) is 1.78. The molecule has 1 fully saturated rings. The Kier molecular flexibility index (Phi) is 4.31. The maximum atomic E-state index is 14.4. The van der Waals surface area contributed by atoms with Gasteiger partial charge in [-0.2, -0.15) is 9.49 Å². The lowest BCUT2D eigenvalue weighted by Crippen LogP contribution is -2.46. The second kappa shape index (κ2) is 6.88. The quantitative estimate of drug-likeness (QED) is 0.807. The van der Waals surface area contributed by atoms with Crippen molar-refractivity contribution in [2.24, 2.45) is 0 Å². The van der Waals surface area contributed by atoms with E-state index in [2.05, 4.69) is 32.3 Å². The van der Waals surface area contributed by atoms with Gasteiger partial charge in [-0.05, 0) is 30.7 Å². The molecule has 0 unspecified atom stereocenters. The number of nitrogens with one attached hydrogen (secondary N) is 1. The van der Waals surface area contributed by atoms with E-state index in [0.717, 1.165) is 54.9 Å². The number of halogens is 1. The number of piperazine rings is 1. The molecule has 29 heavy (non-hydrogen) atoms. The topological polar surface area (TPSA) is 56.6 Å². The lowest BCUT2D eigenvalue weighted by Gasteiger charge is -2.38. The highest BCUT2D eigenvalue weighted by molar-refractivity contribution is 6.05. The molecule has 5 rings (SSSR count). The van der Waals surface area contributed by atoms with Crippen LogP contribution in [0.25, 0.3) is 10.9 Å². The van der Waals surface area contributed by atoms with Crippen LogP contribution in [0, 0.1) is 0 Å². The Morgan fingerprint density at radius 2 is 2.03 bits per heavy atom. The third-order valence-electron chi connectivity index (χ3n) is 6.07. The van der Waals surface area contributed by atoms with Crippen LogP contribution < -0.4 is 5.32 Å². The third kappa shape index (κ3) is 3.07. The zero-order valence-electron chi connectivity index (χ0n) is 16.7. The molecule has 1 aromatic heterocycles. The first-order valence-electron chi connectivity index (χ1n) is 10.1. The lowest BCUT2D eigenvalue weighted by atomic mass is 10.1. The van der Waals surface area contributed by atoms with Gasteiger partial charge in [-0.1, -0.05) is 6.08 Å². The molecule has 0 bridgehead atoms. The summed E-state index contributed by atoms with van der Waals surface area (Å²) in [6.07, 6.45) is 5.73. The maximum absolute atomic E-state index is 14.4. The minimum Gasteiger partial charge on any atom is -0.365 e. The molecule has 1 aromatic carbocycles. The van der Waals surface area contributed by atoms with E-state index in [1.165, 1.54) is 0 Å². The highest BCUT2D eigenvalue weighted by Crippen LogP contribution is 2.32. The molecule has 0 spiro atoms. The molecular formula is C21H25FN6O. The molecular weight excluding hydrogens is 371 g/mol. The molecule has 1 atom stereocenters. The Morgan fingerprint density at radius 1 is 1.24 bits per heavy atom. The van der Waals surface area contributed by atoms with Crippen molar-refractivity contribution in [1.29, 1.82) is 0 Å². The van der Waals surface area contributed by atoms with Gasteiger partial charge in [0, 0.05) is 51.7 Å². The maximum Gasteiger partial charge on any atom is 0.249 e. The van der Waals surface area contributed by atoms with E-state index in [0.29, 0.717) is 12.2 Å². The van der Waals surface area contributed by atoms with Gasteiger partial charge in [0.25, 0.3) is 0 Å². The van der Waals surface area contributed by atoms with Crippen LogP contribution in [0.3, 0.4) is 0 Å². The molecule has 0 saturated carbocycles. The SMILES string of the molecule is C[C@H]1C(=O)Nc2cc(CN3CCN(C4=C(F)N(C)CC=C4)CC3)cc3cnn1c23. The molecule has 3 aliphatic heterocycles. The van der Waals surface area contributed by atoms with Crippen molar-refractivity contribution in [1.82, 2.24) is 24.5 Å². The molecule has 8 heteroatoms. The van der Waals surface area contributed by atoms with Crippen LogP contribution in [0.5, 0.6) is 0 Å². The Bertz CT molecular complexity index is 1030. The predicted octanol–water partition coefficient (Wildman–Crippen LogP) is 2.31. The van der Waals surface area contributed by atoms with Gasteiger partial charge < -0.3 is 15.1 Å². The van der Waals surface area contributed by atoms with Crippen LogP contribution in [0.4, 0.5) is 10.1 Å². The molecule has 2 aromatic rings. The smallest absolute Gasteiger partial charge is 0.249 e. The molecule has 1 N–H and O–H groups in total. The van der Waals surface area contributed by atoms with Crippen LogP contribution >= 0.6 is 0 Å². The van der Waals surface area contributed by atoms with Gasteiger partial charge in [0.1, 0.15) is 6.04 Å². The number of amides is 1. The number of carbonyl (C=O) groups excluding carboxylic acids is 1. The summed E-state index contributed by atoms with van der Waals surface area (Å²) in [4.78, 5) is 18.3. The van der Waals surface area contributed by atoms with E-state index in [4.69, 9.17) is 0 Å². The number of aromatic nitrogens is 2. The van der Waals surface area contributed by atoms with Crippen molar-refractivity contribution >= 4 is 22.5 Å². The molecule has 7 nitrogen and oxygen atoms in total. The number of hydrogen-bond acceptors (Lipinski definition) is 5. The summed E-state index contributed by atoms with van der Waals surface area (Å²) in [5.74, 6) is -0.179. The number of allylic oxidation sites excluding steroid dienone is 1. The fourth-order valence-corrected chi connectivity index (χ4v) is 4.39. The van der Waals surface area contributed by atoms with Gasteiger partial charge >= 0.3 is 0 Å². The van der Waals surface area contributed by atoms with E-state index in [1.54, 1.807) is 16.6 Å². The van der Waals surface area contributed by atoms with Gasteiger partial charge in [-0.3, -0.25) is 14.4 Å². The first-order chi connectivity index (χ1) is 14.0. The summed E-state index contributed by atoms with van der Waals surface area (Å²) >= 11 is 0. The van der Waals surface area contributed by atoms with Crippen molar-refractivity contribution < 1.29 is 9.18 Å². The Morgan fingerprint density at radius 3 is 2.83 bits per heavy atom. The second-order valence-corrected chi connectivity index (χ2v) is 8.06. The van der Waals surface area contributed by atoms with E-state index < -0.39 is 0 Å². The van der Waals surface area contributed by atoms with E-state index >= 15 is 0 Å². The molecule has 1 saturated heterocycles. The van der Waals surface area contributed by atoms with Gasteiger partial charge in [0.2, 0.25) is 11.9 Å². The van der Waals surface area contributed by atoms with Crippen molar-refractivity contribution in [3.63, 3.8) is 0 Å². The monoisotopic (exact) mass is 396 g/mol. The summed E-state index contributed by atoms with van der Waals surface area (Å²) in [6, 6.07) is 3.92. The fourth-order valence-electron chi connectivity index (χ4n) is 4.39. The van der Waals surface area contributed by atoms with E-state index in [-0.39, 0.29) is 17.9 Å². The molecule has 152 valence electrons. The van der Waals surface area contributed by atoms with Crippen LogP contribution in [0.2, 0.25) is 0 Å². The highest BCUT2D eigenvalue weighted by Gasteiger charge is 2.27. The molecule has 4 heterocycles. The third-order valence-corrected chi connectivity index (χ3v) is 6.07. The summed E-state index contributed by atoms with van der Waals surface area (Å²) in [5, 5.41) is 8.46. The normalized spacial score (nSPS) is 22.6. The summed E-state index contributed by atoms with van der Waals surface area (Å²) < 4.78 is 16.2. The molecule has 3 aliphatic rings. The van der Waals surface area contributed by atoms with Crippen molar-refractivity contribution in [2.75, 3.05) is 45.1 Å². The van der Waals surface area contributed by atoms with Crippen molar-refractivity contribution in [3.05, 3.63) is 47.7 Å². The van der Waals surface area contributed by atoms with Crippen LogP contribution in [-0.2, 0) is 11.3 Å². The number of hydrogen-bond donors (Lipinski definition) is 1. The second-order valence-electron chi connectivity index (χ2n) is 8.06. The lowest BCUT2D eigenvalue weighted by molar-refractivity contribution is -0.119. The minimum atomic E-state index is -0.290. The van der Waals surface area contributed by atoms with Gasteiger partial charge in [-0.25, -0.2) is 0 Å². The van der Waals surface area contributed by atoms with Gasteiger partial charge in [0.05, 0.1) is 23.1 Å². The first-order valence-corrected chi connectivity index (χ1v) is 10.1. The van der Waals surface area contributed by atoms with E-state index in [1.807, 2.05) is 25.3 Å². The number of rotatable bonds is 3. The average Bonchev–Trinajstić information content (AvgIpc) is 3.14. The molecule has 0 radical (unpaired) electrons. The van der Waals surface area contributed by atoms with Crippen LogP contribution in [0.15, 0.2) is 42.1 Å². The molecule has 0 aliphatic carbocycles. The standard InChI is InChI=1S/C21H25FN6O/c1-14-21(29)24-17-11-15(10-16-12-23-28(14)19(16)17)13-26-6-8-27(9-7-26)18-4-3-5-25(2)20(18)22/h3-4,10-12,14H,5-9,13H2,1-2H3,(H,24,29)/t14-/m0/s1. The Hall–Kier alpha value is -2.87. The van der Waals surface area contributed by atoms with Crippen LogP contribution in [-0.4, -0.2) is 70.2 Å². The zero-order chi connectivity index (χ0) is 20.1. The van der Waals surface area contributed by atoms with Crippen molar-refractivity contribution in [2.45, 2.75) is 19.5 Å². The number of likely N-dealkylation sites (N-methyl/N-ethyl adjacent to an activating group) is 1. The first kappa shape index (κ1) is 18.2. The minimum absolute atomic E-state index is 0.0333. The number of nitrogens with zero attached hydrogens (tertiary/aromatic N) is 5. The van der Waals surface area contributed by atoms with Crippen LogP contribution in [0.1, 0.15) is 18.5 Å². The molecule has 1 amide bonds. The number of benzene rings is 1. The highest BCUT2D eigenvalue weighted by atomic mass is 19.1. The summed E-state index contributed by atoms with van der Waals surface area (Å²) in [6.45, 7) is 6.59. The average molecular weight is 396 g/mol. The van der Waals surface area contributed by atoms with Gasteiger partial charge in [-0.15, -0.1) is 0 Å². The van der Waals surface area contributed by atoms with Gasteiger partial charge in [0.15, 0.2) is 0 Å². The van der Waals surface area contributed by atoms with E-state index in [9.17, 15) is 9.18 Å². The predicted molar refractivity (Wildman–Crippen MR) is 110 cm³/mol. The summed E-state index contributed by atoms with van der Waals surface area (Å²) in [5.41, 5.74) is 3.66. The van der Waals surface area contributed by atoms with Crippen molar-refractivity contribution in [3.8, 4) is 0 Å².